The maximum atomic E-state index is 9.93. The number of hydrogen-bond donors (Lipinski definition) is 1. The Labute approximate surface area is 85.0 Å². The molecule has 1 heterocycles. The Morgan fingerprint density at radius 1 is 1.36 bits per heavy atom. The van der Waals surface area contributed by atoms with Crippen LogP contribution < -0.4 is 0 Å². The molecule has 1 aliphatic rings. The standard InChI is InChI=1S/C12H17NO/c1-8-7-9(2)13-12-10(8)5-3-4-6-11(12)14/h7,11,14H,3-6H2,1-2H3. The van der Waals surface area contributed by atoms with E-state index in [0.29, 0.717) is 0 Å². The first-order valence-corrected chi connectivity index (χ1v) is 5.33. The molecule has 1 aliphatic carbocycles. The van der Waals surface area contributed by atoms with Crippen LogP contribution in [0.4, 0.5) is 0 Å². The number of aryl methyl sites for hydroxylation is 2. The van der Waals surface area contributed by atoms with Gasteiger partial charge in [-0.05, 0) is 50.3 Å². The number of aromatic nitrogens is 1. The summed E-state index contributed by atoms with van der Waals surface area (Å²) in [5, 5.41) is 9.93. The second-order valence-corrected chi connectivity index (χ2v) is 4.21. The smallest absolute Gasteiger partial charge is 0.0962 e. The van der Waals surface area contributed by atoms with Gasteiger partial charge < -0.3 is 5.11 Å². The summed E-state index contributed by atoms with van der Waals surface area (Å²) >= 11 is 0. The molecular weight excluding hydrogens is 174 g/mol. The lowest BCUT2D eigenvalue weighted by Gasteiger charge is -2.13. The molecule has 0 spiro atoms. The van der Waals surface area contributed by atoms with Crippen LogP contribution in [-0.4, -0.2) is 10.1 Å². The predicted molar refractivity (Wildman–Crippen MR) is 56.2 cm³/mol. The van der Waals surface area contributed by atoms with Gasteiger partial charge in [0.1, 0.15) is 0 Å². The molecule has 0 aliphatic heterocycles. The molecule has 1 N–H and O–H groups in total. The second kappa shape index (κ2) is 3.70. The van der Waals surface area contributed by atoms with Gasteiger partial charge in [-0.25, -0.2) is 0 Å². The number of hydrogen-bond acceptors (Lipinski definition) is 2. The van der Waals surface area contributed by atoms with Gasteiger partial charge in [0.05, 0.1) is 11.8 Å². The van der Waals surface area contributed by atoms with Crippen molar-refractivity contribution in [1.29, 1.82) is 0 Å². The van der Waals surface area contributed by atoms with Crippen LogP contribution in [0.3, 0.4) is 0 Å². The molecule has 14 heavy (non-hydrogen) atoms. The number of pyridine rings is 1. The van der Waals surface area contributed by atoms with Gasteiger partial charge in [0.25, 0.3) is 0 Å². The van der Waals surface area contributed by atoms with Crippen molar-refractivity contribution < 1.29 is 5.11 Å². The van der Waals surface area contributed by atoms with E-state index in [1.807, 2.05) is 6.92 Å². The number of rotatable bonds is 0. The normalized spacial score (nSPS) is 21.5. The molecule has 0 fully saturated rings. The van der Waals surface area contributed by atoms with Crippen molar-refractivity contribution in [2.75, 3.05) is 0 Å². The molecule has 0 saturated carbocycles. The zero-order valence-electron chi connectivity index (χ0n) is 8.88. The molecular formula is C12H17NO. The van der Waals surface area contributed by atoms with Crippen LogP contribution in [0.2, 0.25) is 0 Å². The van der Waals surface area contributed by atoms with E-state index in [-0.39, 0.29) is 6.10 Å². The maximum Gasteiger partial charge on any atom is 0.0962 e. The summed E-state index contributed by atoms with van der Waals surface area (Å²) in [6.07, 6.45) is 3.88. The molecule has 0 aromatic carbocycles. The van der Waals surface area contributed by atoms with Gasteiger partial charge in [-0.2, -0.15) is 0 Å². The first-order valence-electron chi connectivity index (χ1n) is 5.33. The van der Waals surface area contributed by atoms with E-state index in [1.165, 1.54) is 17.5 Å². The highest BCUT2D eigenvalue weighted by molar-refractivity contribution is 5.33. The Hall–Kier alpha value is -0.890. The van der Waals surface area contributed by atoms with Crippen molar-refractivity contribution in [2.45, 2.75) is 45.6 Å². The summed E-state index contributed by atoms with van der Waals surface area (Å²) in [4.78, 5) is 4.47. The molecule has 1 unspecified atom stereocenters. The Balaban J connectivity index is 2.53. The Morgan fingerprint density at radius 2 is 2.14 bits per heavy atom. The molecule has 1 aromatic rings. The van der Waals surface area contributed by atoms with Crippen molar-refractivity contribution in [3.63, 3.8) is 0 Å². The van der Waals surface area contributed by atoms with Gasteiger partial charge in [-0.1, -0.05) is 6.42 Å². The van der Waals surface area contributed by atoms with E-state index in [0.717, 1.165) is 30.7 Å². The minimum Gasteiger partial charge on any atom is -0.387 e. The van der Waals surface area contributed by atoms with E-state index in [9.17, 15) is 5.11 Å². The van der Waals surface area contributed by atoms with Gasteiger partial charge in [0, 0.05) is 5.69 Å². The van der Waals surface area contributed by atoms with Crippen molar-refractivity contribution in [3.8, 4) is 0 Å². The number of fused-ring (bicyclic) bond motifs is 1. The van der Waals surface area contributed by atoms with Crippen LogP contribution in [0.15, 0.2) is 6.07 Å². The van der Waals surface area contributed by atoms with Crippen LogP contribution in [0.1, 0.15) is 47.9 Å². The SMILES string of the molecule is Cc1cc(C)c2c(n1)C(O)CCCC2. The van der Waals surface area contributed by atoms with E-state index in [2.05, 4.69) is 18.0 Å². The third-order valence-corrected chi connectivity index (χ3v) is 2.98. The molecule has 1 aromatic heterocycles. The molecule has 2 heteroatoms. The fraction of sp³-hybridized carbons (Fsp3) is 0.583. The zero-order valence-corrected chi connectivity index (χ0v) is 8.88. The zero-order chi connectivity index (χ0) is 10.1. The fourth-order valence-electron chi connectivity index (χ4n) is 2.27. The fourth-order valence-corrected chi connectivity index (χ4v) is 2.27. The minimum absolute atomic E-state index is 0.342. The van der Waals surface area contributed by atoms with Gasteiger partial charge in [0.2, 0.25) is 0 Å². The lowest BCUT2D eigenvalue weighted by molar-refractivity contribution is 0.162. The summed E-state index contributed by atoms with van der Waals surface area (Å²) in [6, 6.07) is 2.11. The lowest BCUT2D eigenvalue weighted by Crippen LogP contribution is -2.05. The number of nitrogens with zero attached hydrogens (tertiary/aromatic N) is 1. The third-order valence-electron chi connectivity index (χ3n) is 2.98. The van der Waals surface area contributed by atoms with Crippen LogP contribution >= 0.6 is 0 Å². The van der Waals surface area contributed by atoms with E-state index >= 15 is 0 Å². The van der Waals surface area contributed by atoms with Crippen molar-refractivity contribution in [3.05, 3.63) is 28.6 Å². The molecule has 1 atom stereocenters. The maximum absolute atomic E-state index is 9.93. The van der Waals surface area contributed by atoms with Crippen molar-refractivity contribution in [1.82, 2.24) is 4.98 Å². The van der Waals surface area contributed by atoms with Crippen LogP contribution in [0.25, 0.3) is 0 Å². The first kappa shape index (κ1) is 9.66. The highest BCUT2D eigenvalue weighted by Crippen LogP contribution is 2.29. The summed E-state index contributed by atoms with van der Waals surface area (Å²) in [5.74, 6) is 0. The highest BCUT2D eigenvalue weighted by Gasteiger charge is 2.19. The molecule has 2 rings (SSSR count). The Bertz CT molecular complexity index is 346. The van der Waals surface area contributed by atoms with E-state index in [4.69, 9.17) is 0 Å². The van der Waals surface area contributed by atoms with Gasteiger partial charge in [-0.15, -0.1) is 0 Å². The quantitative estimate of drug-likeness (QED) is 0.639. The lowest BCUT2D eigenvalue weighted by atomic mass is 10.0. The molecule has 0 saturated heterocycles. The minimum atomic E-state index is -0.342. The largest absolute Gasteiger partial charge is 0.387 e. The van der Waals surface area contributed by atoms with Crippen LogP contribution in [-0.2, 0) is 6.42 Å². The summed E-state index contributed by atoms with van der Waals surface area (Å²) < 4.78 is 0. The first-order chi connectivity index (χ1) is 6.68. The summed E-state index contributed by atoms with van der Waals surface area (Å²) in [5.41, 5.74) is 4.51. The number of aliphatic hydroxyl groups is 1. The van der Waals surface area contributed by atoms with E-state index in [1.54, 1.807) is 0 Å². The van der Waals surface area contributed by atoms with Crippen molar-refractivity contribution >= 4 is 0 Å². The summed E-state index contributed by atoms with van der Waals surface area (Å²) in [6.45, 7) is 4.11. The topological polar surface area (TPSA) is 33.1 Å². The van der Waals surface area contributed by atoms with E-state index < -0.39 is 0 Å². The van der Waals surface area contributed by atoms with Crippen LogP contribution in [0.5, 0.6) is 0 Å². The second-order valence-electron chi connectivity index (χ2n) is 4.21. The van der Waals surface area contributed by atoms with Gasteiger partial charge >= 0.3 is 0 Å². The average Bonchev–Trinajstić information content (AvgIpc) is 2.29. The third kappa shape index (κ3) is 1.67. The molecule has 0 amide bonds. The number of aliphatic hydroxyl groups excluding tert-OH is 1. The predicted octanol–water partition coefficient (Wildman–Crippen LogP) is 2.46. The molecule has 76 valence electrons. The van der Waals surface area contributed by atoms with Gasteiger partial charge in [0.15, 0.2) is 0 Å². The Morgan fingerprint density at radius 3 is 2.93 bits per heavy atom. The molecule has 0 radical (unpaired) electrons. The van der Waals surface area contributed by atoms with Crippen LogP contribution in [0, 0.1) is 13.8 Å². The highest BCUT2D eigenvalue weighted by atomic mass is 16.3. The average molecular weight is 191 g/mol. The molecule has 2 nitrogen and oxygen atoms in total. The monoisotopic (exact) mass is 191 g/mol. The van der Waals surface area contributed by atoms with Gasteiger partial charge in [-0.3, -0.25) is 4.98 Å². The van der Waals surface area contributed by atoms with Crippen molar-refractivity contribution in [2.24, 2.45) is 0 Å². The molecule has 0 bridgehead atoms. The Kier molecular flexibility index (Phi) is 2.55. The summed E-state index contributed by atoms with van der Waals surface area (Å²) in [7, 11) is 0.